The molecule has 5 nitrogen and oxygen atoms in total. The van der Waals surface area contributed by atoms with Gasteiger partial charge < -0.3 is 5.11 Å². The molecule has 0 fully saturated rings. The Morgan fingerprint density at radius 2 is 1.85 bits per heavy atom. The molecular weight excluding hydrogens is 258 g/mol. The monoisotopic (exact) mass is 269 g/mol. The zero-order chi connectivity index (χ0) is 14.5. The Hall–Kier alpha value is -2.95. The molecule has 0 unspecified atom stereocenters. The van der Waals surface area contributed by atoms with Crippen LogP contribution in [0.15, 0.2) is 54.6 Å². The van der Waals surface area contributed by atoms with Crippen LogP contribution in [0.3, 0.4) is 0 Å². The van der Waals surface area contributed by atoms with Crippen molar-refractivity contribution in [2.75, 3.05) is 0 Å². The minimum absolute atomic E-state index is 0.0312. The van der Waals surface area contributed by atoms with E-state index >= 15 is 0 Å². The molecule has 5 heteroatoms. The molecule has 0 amide bonds. The van der Waals surface area contributed by atoms with Gasteiger partial charge in [0.1, 0.15) is 0 Å². The zero-order valence-corrected chi connectivity index (χ0v) is 10.4. The van der Waals surface area contributed by atoms with Gasteiger partial charge in [-0.25, -0.2) is 4.79 Å². The fraction of sp³-hybridized carbons (Fsp3) is 0. The number of non-ortho nitro benzene ring substituents is 1. The number of benzene rings is 2. The van der Waals surface area contributed by atoms with Crippen LogP contribution in [-0.2, 0) is 4.79 Å². The molecule has 2 aromatic rings. The maximum Gasteiger partial charge on any atom is 0.328 e. The predicted octanol–water partition coefficient (Wildman–Crippen LogP) is 3.36. The topological polar surface area (TPSA) is 80.4 Å². The first-order valence-corrected chi connectivity index (χ1v) is 5.83. The molecule has 0 saturated carbocycles. The number of nitro groups is 1. The van der Waals surface area contributed by atoms with Gasteiger partial charge in [-0.1, -0.05) is 30.3 Å². The van der Waals surface area contributed by atoms with Gasteiger partial charge >= 0.3 is 5.97 Å². The highest BCUT2D eigenvalue weighted by Crippen LogP contribution is 2.28. The lowest BCUT2D eigenvalue weighted by atomic mass is 9.98. The van der Waals surface area contributed by atoms with Crippen LogP contribution in [-0.4, -0.2) is 16.0 Å². The van der Waals surface area contributed by atoms with E-state index in [-0.39, 0.29) is 5.69 Å². The van der Waals surface area contributed by atoms with Crippen LogP contribution in [0, 0.1) is 10.1 Å². The predicted molar refractivity (Wildman–Crippen MR) is 75.2 cm³/mol. The number of carboxylic acid groups (broad SMARTS) is 1. The third kappa shape index (κ3) is 3.08. The van der Waals surface area contributed by atoms with E-state index in [4.69, 9.17) is 5.11 Å². The molecule has 0 atom stereocenters. The minimum Gasteiger partial charge on any atom is -0.478 e. The van der Waals surface area contributed by atoms with Gasteiger partial charge in [0, 0.05) is 18.2 Å². The van der Waals surface area contributed by atoms with Crippen molar-refractivity contribution in [3.05, 3.63) is 70.3 Å². The number of aliphatic carboxylic acids is 1. The highest BCUT2D eigenvalue weighted by Gasteiger charge is 2.11. The quantitative estimate of drug-likeness (QED) is 0.524. The SMILES string of the molecule is O=C(O)C=Cc1ccc([N+](=O)[O-])cc1-c1ccccc1. The minimum atomic E-state index is -1.07. The Kier molecular flexibility index (Phi) is 3.91. The average Bonchev–Trinajstić information content (AvgIpc) is 2.45. The molecule has 2 rings (SSSR count). The highest BCUT2D eigenvalue weighted by atomic mass is 16.6. The molecule has 0 spiro atoms. The number of hydrogen-bond acceptors (Lipinski definition) is 3. The average molecular weight is 269 g/mol. The zero-order valence-electron chi connectivity index (χ0n) is 10.4. The summed E-state index contributed by atoms with van der Waals surface area (Å²) in [4.78, 5) is 21.0. The van der Waals surface area contributed by atoms with Gasteiger partial charge in [0.15, 0.2) is 0 Å². The smallest absolute Gasteiger partial charge is 0.328 e. The first kappa shape index (κ1) is 13.5. The van der Waals surface area contributed by atoms with Gasteiger partial charge in [-0.15, -0.1) is 0 Å². The Bertz CT molecular complexity index is 678. The van der Waals surface area contributed by atoms with Crippen molar-refractivity contribution < 1.29 is 14.8 Å². The van der Waals surface area contributed by atoms with Crippen molar-refractivity contribution in [3.8, 4) is 11.1 Å². The summed E-state index contributed by atoms with van der Waals surface area (Å²) in [6, 6.07) is 13.4. The van der Waals surface area contributed by atoms with Gasteiger partial charge in [0.25, 0.3) is 5.69 Å². The molecule has 100 valence electrons. The van der Waals surface area contributed by atoms with Crippen LogP contribution in [0.2, 0.25) is 0 Å². The fourth-order valence-corrected chi connectivity index (χ4v) is 1.83. The Morgan fingerprint density at radius 3 is 2.45 bits per heavy atom. The van der Waals surface area contributed by atoms with E-state index in [2.05, 4.69) is 0 Å². The summed E-state index contributed by atoms with van der Waals surface area (Å²) in [5, 5.41) is 19.5. The second-order valence-electron chi connectivity index (χ2n) is 4.07. The van der Waals surface area contributed by atoms with E-state index in [1.807, 2.05) is 30.3 Å². The summed E-state index contributed by atoms with van der Waals surface area (Å²) >= 11 is 0. The third-order valence-corrected chi connectivity index (χ3v) is 2.74. The molecule has 0 aliphatic carbocycles. The van der Waals surface area contributed by atoms with Gasteiger partial charge in [-0.2, -0.15) is 0 Å². The van der Waals surface area contributed by atoms with Crippen LogP contribution >= 0.6 is 0 Å². The van der Waals surface area contributed by atoms with Crippen LogP contribution in [0.25, 0.3) is 17.2 Å². The third-order valence-electron chi connectivity index (χ3n) is 2.74. The summed E-state index contributed by atoms with van der Waals surface area (Å²) in [7, 11) is 0. The Morgan fingerprint density at radius 1 is 1.15 bits per heavy atom. The van der Waals surface area contributed by atoms with E-state index in [1.165, 1.54) is 18.2 Å². The van der Waals surface area contributed by atoms with Gasteiger partial charge in [0.05, 0.1) is 4.92 Å². The molecule has 0 aromatic heterocycles. The summed E-state index contributed by atoms with van der Waals surface area (Å²) in [5.41, 5.74) is 2.00. The van der Waals surface area contributed by atoms with Crippen molar-refractivity contribution in [2.45, 2.75) is 0 Å². The number of nitrogens with zero attached hydrogens (tertiary/aromatic N) is 1. The van der Waals surface area contributed by atoms with Crippen LogP contribution in [0.5, 0.6) is 0 Å². The fourth-order valence-electron chi connectivity index (χ4n) is 1.83. The molecule has 1 N–H and O–H groups in total. The van der Waals surface area contributed by atoms with E-state index in [0.717, 1.165) is 11.6 Å². The van der Waals surface area contributed by atoms with E-state index in [0.29, 0.717) is 11.1 Å². The number of hydrogen-bond donors (Lipinski definition) is 1. The number of rotatable bonds is 4. The number of carbonyl (C=O) groups is 1. The maximum atomic E-state index is 10.9. The summed E-state index contributed by atoms with van der Waals surface area (Å²) in [5.74, 6) is -1.07. The standard InChI is InChI=1S/C15H11NO4/c17-15(18)9-7-12-6-8-13(16(19)20)10-14(12)11-4-2-1-3-5-11/h1-10H,(H,17,18). The normalized spacial score (nSPS) is 10.6. The van der Waals surface area contributed by atoms with E-state index in [9.17, 15) is 14.9 Å². The number of nitro benzene ring substituents is 1. The summed E-state index contributed by atoms with van der Waals surface area (Å²) in [6.45, 7) is 0. The first-order chi connectivity index (χ1) is 9.58. The van der Waals surface area contributed by atoms with Gasteiger partial charge in [-0.3, -0.25) is 10.1 Å². The summed E-state index contributed by atoms with van der Waals surface area (Å²) < 4.78 is 0. The van der Waals surface area contributed by atoms with Crippen LogP contribution < -0.4 is 0 Å². The number of carboxylic acids is 1. The molecule has 0 heterocycles. The van der Waals surface area contributed by atoms with Crippen molar-refractivity contribution in [2.24, 2.45) is 0 Å². The van der Waals surface area contributed by atoms with E-state index in [1.54, 1.807) is 6.07 Å². The van der Waals surface area contributed by atoms with Crippen molar-refractivity contribution in [3.63, 3.8) is 0 Å². The lowest BCUT2D eigenvalue weighted by Gasteiger charge is -2.06. The van der Waals surface area contributed by atoms with Gasteiger partial charge in [-0.05, 0) is 28.8 Å². The highest BCUT2D eigenvalue weighted by molar-refractivity contribution is 5.88. The largest absolute Gasteiger partial charge is 0.478 e. The maximum absolute atomic E-state index is 10.9. The Balaban J connectivity index is 2.57. The van der Waals surface area contributed by atoms with Crippen molar-refractivity contribution >= 4 is 17.7 Å². The molecule has 0 aliphatic rings. The van der Waals surface area contributed by atoms with Crippen LogP contribution in [0.4, 0.5) is 5.69 Å². The molecule has 0 aliphatic heterocycles. The molecule has 0 radical (unpaired) electrons. The lowest BCUT2D eigenvalue weighted by Crippen LogP contribution is -1.92. The second kappa shape index (κ2) is 5.79. The second-order valence-corrected chi connectivity index (χ2v) is 4.07. The Labute approximate surface area is 115 Å². The molecule has 2 aromatic carbocycles. The van der Waals surface area contributed by atoms with Crippen molar-refractivity contribution in [1.82, 2.24) is 0 Å². The first-order valence-electron chi connectivity index (χ1n) is 5.83. The molecule has 0 saturated heterocycles. The molecule has 0 bridgehead atoms. The van der Waals surface area contributed by atoms with Gasteiger partial charge in [0.2, 0.25) is 0 Å². The van der Waals surface area contributed by atoms with Crippen LogP contribution in [0.1, 0.15) is 5.56 Å². The molecular formula is C15H11NO4. The lowest BCUT2D eigenvalue weighted by molar-refractivity contribution is -0.384. The van der Waals surface area contributed by atoms with E-state index < -0.39 is 10.9 Å². The molecule has 20 heavy (non-hydrogen) atoms. The summed E-state index contributed by atoms with van der Waals surface area (Å²) in [6.07, 6.45) is 2.43. The van der Waals surface area contributed by atoms with Crippen molar-refractivity contribution in [1.29, 1.82) is 0 Å².